The fraction of sp³-hybridized carbons (Fsp3) is 0.348. The van der Waals surface area contributed by atoms with Crippen LogP contribution in [0.15, 0.2) is 36.4 Å². The Morgan fingerprint density at radius 2 is 1.90 bits per heavy atom. The molecule has 3 fully saturated rings. The molecule has 4 atom stereocenters. The Labute approximate surface area is 189 Å². The van der Waals surface area contributed by atoms with E-state index in [0.29, 0.717) is 17.3 Å². The highest BCUT2D eigenvalue weighted by Crippen LogP contribution is 2.61. The number of nitrogens with zero attached hydrogens (tertiary/aromatic N) is 2. The molecule has 4 heterocycles. The number of amides is 3. The number of fused-ring (bicyclic) bond motifs is 7. The fourth-order valence-electron chi connectivity index (χ4n) is 6.28. The fourth-order valence-corrected chi connectivity index (χ4v) is 6.77. The molecule has 2 aromatic carbocycles. The van der Waals surface area contributed by atoms with E-state index in [1.807, 2.05) is 25.1 Å². The number of nitrogens with one attached hydrogen (secondary N) is 1. The molecule has 0 unspecified atom stereocenters. The number of carbonyl (C=O) groups excluding carboxylic acids is 3. The smallest absolute Gasteiger partial charge is 0.250 e. The molecule has 4 aliphatic heterocycles. The van der Waals surface area contributed by atoms with Crippen LogP contribution in [-0.2, 0) is 19.9 Å². The molecule has 4 aliphatic rings. The molecular weight excluding hydrogens is 437 g/mol. The molecule has 2 aromatic rings. The van der Waals surface area contributed by atoms with Crippen molar-refractivity contribution in [2.45, 2.75) is 31.3 Å². The van der Waals surface area contributed by atoms with Gasteiger partial charge in [-0.25, -0.2) is 4.90 Å². The summed E-state index contributed by atoms with van der Waals surface area (Å²) in [6.07, 6.45) is 1.66. The van der Waals surface area contributed by atoms with E-state index in [-0.39, 0.29) is 28.8 Å². The van der Waals surface area contributed by atoms with Gasteiger partial charge in [0.05, 0.1) is 22.5 Å². The topological polar surface area (TPSA) is 69.7 Å². The van der Waals surface area contributed by atoms with Crippen LogP contribution in [0.1, 0.15) is 24.0 Å². The minimum absolute atomic E-state index is 0.158. The van der Waals surface area contributed by atoms with Crippen LogP contribution >= 0.6 is 23.2 Å². The zero-order valence-electron chi connectivity index (χ0n) is 16.7. The van der Waals surface area contributed by atoms with Crippen molar-refractivity contribution in [1.82, 2.24) is 4.90 Å². The molecule has 8 heteroatoms. The van der Waals surface area contributed by atoms with Gasteiger partial charge in [-0.2, -0.15) is 0 Å². The molecule has 0 radical (unpaired) electrons. The lowest BCUT2D eigenvalue weighted by Gasteiger charge is -2.36. The van der Waals surface area contributed by atoms with E-state index in [1.54, 1.807) is 12.1 Å². The number of rotatable bonds is 1. The molecule has 3 amide bonds. The molecule has 0 saturated carbocycles. The summed E-state index contributed by atoms with van der Waals surface area (Å²) in [5.41, 5.74) is 1.63. The zero-order valence-corrected chi connectivity index (χ0v) is 18.2. The number of halogens is 2. The van der Waals surface area contributed by atoms with E-state index >= 15 is 0 Å². The van der Waals surface area contributed by atoms with Gasteiger partial charge in [0.1, 0.15) is 5.54 Å². The Morgan fingerprint density at radius 1 is 1.10 bits per heavy atom. The van der Waals surface area contributed by atoms with Crippen LogP contribution in [0.2, 0.25) is 10.0 Å². The van der Waals surface area contributed by atoms with Gasteiger partial charge in [0.15, 0.2) is 0 Å². The van der Waals surface area contributed by atoms with Crippen LogP contribution < -0.4 is 10.2 Å². The molecule has 1 spiro atoms. The first-order valence-electron chi connectivity index (χ1n) is 10.4. The maximum absolute atomic E-state index is 13.9. The molecule has 31 heavy (non-hydrogen) atoms. The van der Waals surface area contributed by atoms with Gasteiger partial charge in [-0.3, -0.25) is 19.3 Å². The highest BCUT2D eigenvalue weighted by atomic mass is 35.5. The monoisotopic (exact) mass is 455 g/mol. The SMILES string of the molecule is Cc1cccc2c1NC(=O)[C@@]21[C@@H]2C(=O)N(c3ccc(Cl)cc3Cl)C(=O)[C@@H]2[C@@H]2CCCN21. The van der Waals surface area contributed by atoms with Gasteiger partial charge in [-0.1, -0.05) is 41.4 Å². The Kier molecular flexibility index (Phi) is 3.93. The van der Waals surface area contributed by atoms with Crippen molar-refractivity contribution in [1.29, 1.82) is 0 Å². The van der Waals surface area contributed by atoms with Crippen molar-refractivity contribution in [2.75, 3.05) is 16.8 Å². The summed E-state index contributed by atoms with van der Waals surface area (Å²) in [4.78, 5) is 44.4. The van der Waals surface area contributed by atoms with Crippen molar-refractivity contribution in [3.05, 3.63) is 57.6 Å². The van der Waals surface area contributed by atoms with Crippen LogP contribution in [0.25, 0.3) is 0 Å². The minimum Gasteiger partial charge on any atom is -0.324 e. The van der Waals surface area contributed by atoms with E-state index in [4.69, 9.17) is 23.2 Å². The number of anilines is 2. The third-order valence-electron chi connectivity index (χ3n) is 7.39. The van der Waals surface area contributed by atoms with Gasteiger partial charge in [0.25, 0.3) is 0 Å². The maximum atomic E-state index is 13.9. The first kappa shape index (κ1) is 19.3. The number of imide groups is 1. The van der Waals surface area contributed by atoms with Crippen molar-refractivity contribution < 1.29 is 14.4 Å². The van der Waals surface area contributed by atoms with Gasteiger partial charge in [0.2, 0.25) is 17.7 Å². The average Bonchev–Trinajstić information content (AvgIpc) is 3.42. The van der Waals surface area contributed by atoms with Crippen molar-refractivity contribution in [3.63, 3.8) is 0 Å². The maximum Gasteiger partial charge on any atom is 0.250 e. The Bertz CT molecular complexity index is 1200. The molecule has 3 saturated heterocycles. The average molecular weight is 456 g/mol. The van der Waals surface area contributed by atoms with Crippen molar-refractivity contribution in [3.8, 4) is 0 Å². The third-order valence-corrected chi connectivity index (χ3v) is 7.92. The number of para-hydroxylation sites is 1. The van der Waals surface area contributed by atoms with Crippen molar-refractivity contribution in [2.24, 2.45) is 11.8 Å². The first-order chi connectivity index (χ1) is 14.9. The summed E-state index contributed by atoms with van der Waals surface area (Å²) < 4.78 is 0. The largest absolute Gasteiger partial charge is 0.324 e. The Hall–Kier alpha value is -2.41. The molecule has 0 aliphatic carbocycles. The van der Waals surface area contributed by atoms with E-state index in [0.717, 1.165) is 29.7 Å². The predicted molar refractivity (Wildman–Crippen MR) is 117 cm³/mol. The lowest BCUT2D eigenvalue weighted by atomic mass is 9.75. The van der Waals surface area contributed by atoms with Gasteiger partial charge < -0.3 is 5.32 Å². The lowest BCUT2D eigenvalue weighted by molar-refractivity contribution is -0.135. The number of aryl methyl sites for hydroxylation is 1. The second-order valence-electron chi connectivity index (χ2n) is 8.73. The van der Waals surface area contributed by atoms with E-state index in [1.165, 1.54) is 11.0 Å². The number of carbonyl (C=O) groups is 3. The van der Waals surface area contributed by atoms with Crippen LogP contribution in [0.5, 0.6) is 0 Å². The second-order valence-corrected chi connectivity index (χ2v) is 9.58. The molecule has 0 aromatic heterocycles. The molecule has 0 bridgehead atoms. The first-order valence-corrected chi connectivity index (χ1v) is 11.1. The number of hydrogen-bond acceptors (Lipinski definition) is 4. The summed E-state index contributed by atoms with van der Waals surface area (Å²) in [5, 5.41) is 3.68. The normalized spacial score (nSPS) is 31.4. The zero-order chi connectivity index (χ0) is 21.7. The van der Waals surface area contributed by atoms with Crippen molar-refractivity contribution >= 4 is 52.3 Å². The highest BCUT2D eigenvalue weighted by Gasteiger charge is 2.74. The Morgan fingerprint density at radius 3 is 2.68 bits per heavy atom. The standard InChI is InChI=1S/C23H19Cl2N3O3/c1-11-4-2-5-13-19(11)26-22(31)23(13)18-17(16-6-3-9-27(16)23)20(29)28(21(18)30)15-8-7-12(24)10-14(15)25/h2,4-5,7-8,10,16-18H,3,6,9H2,1H3,(H,26,31)/t16-,17+,18-,23-/m0/s1. The van der Waals surface area contributed by atoms with Crippen LogP contribution in [0, 0.1) is 18.8 Å². The molecule has 158 valence electrons. The second kappa shape index (κ2) is 6.31. The highest BCUT2D eigenvalue weighted by molar-refractivity contribution is 6.38. The molecule has 1 N–H and O–H groups in total. The third kappa shape index (κ3) is 2.20. The summed E-state index contributed by atoms with van der Waals surface area (Å²) in [6.45, 7) is 2.62. The van der Waals surface area contributed by atoms with E-state index in [2.05, 4.69) is 10.2 Å². The van der Waals surface area contributed by atoms with Gasteiger partial charge in [0, 0.05) is 22.3 Å². The molecule has 6 nitrogen and oxygen atoms in total. The van der Waals surface area contributed by atoms with Gasteiger partial charge in [-0.05, 0) is 50.1 Å². The summed E-state index contributed by atoms with van der Waals surface area (Å²) >= 11 is 12.4. The molecule has 6 rings (SSSR count). The number of hydrogen-bond donors (Lipinski definition) is 1. The lowest BCUT2D eigenvalue weighted by Crippen LogP contribution is -2.54. The predicted octanol–water partition coefficient (Wildman–Crippen LogP) is 3.73. The van der Waals surface area contributed by atoms with E-state index in [9.17, 15) is 14.4 Å². The van der Waals surface area contributed by atoms with Crippen LogP contribution in [-0.4, -0.2) is 35.2 Å². The van der Waals surface area contributed by atoms with Gasteiger partial charge >= 0.3 is 0 Å². The number of benzene rings is 2. The van der Waals surface area contributed by atoms with Crippen LogP contribution in [0.4, 0.5) is 11.4 Å². The van der Waals surface area contributed by atoms with Gasteiger partial charge in [-0.15, -0.1) is 0 Å². The molecular formula is C23H19Cl2N3O3. The summed E-state index contributed by atoms with van der Waals surface area (Å²) in [7, 11) is 0. The summed E-state index contributed by atoms with van der Waals surface area (Å²) in [5.74, 6) is -2.26. The van der Waals surface area contributed by atoms with Crippen LogP contribution in [0.3, 0.4) is 0 Å². The minimum atomic E-state index is -1.17. The quantitative estimate of drug-likeness (QED) is 0.665. The summed E-state index contributed by atoms with van der Waals surface area (Å²) in [6, 6.07) is 10.3. The Balaban J connectivity index is 1.57. The van der Waals surface area contributed by atoms with E-state index < -0.39 is 17.4 Å².